The molecule has 144 valence electrons. The Kier molecular flexibility index (Phi) is 6.03. The van der Waals surface area contributed by atoms with Crippen molar-refractivity contribution in [2.45, 2.75) is 13.2 Å². The van der Waals surface area contributed by atoms with Gasteiger partial charge in [0.15, 0.2) is 5.75 Å². The zero-order valence-electron chi connectivity index (χ0n) is 15.7. The minimum Gasteiger partial charge on any atom is -0.483 e. The summed E-state index contributed by atoms with van der Waals surface area (Å²) in [5.41, 5.74) is 3.64. The summed E-state index contributed by atoms with van der Waals surface area (Å²) in [5, 5.41) is 9.22. The van der Waals surface area contributed by atoms with Crippen LogP contribution in [0.3, 0.4) is 0 Å². The largest absolute Gasteiger partial charge is 0.483 e. The summed E-state index contributed by atoms with van der Waals surface area (Å²) >= 11 is 6.12. The summed E-state index contributed by atoms with van der Waals surface area (Å²) in [6, 6.07) is 29.2. The van der Waals surface area contributed by atoms with Crippen molar-refractivity contribution >= 4 is 11.6 Å². The Labute approximate surface area is 174 Å². The number of benzene rings is 3. The van der Waals surface area contributed by atoms with Crippen molar-refractivity contribution in [3.63, 3.8) is 0 Å². The molecule has 0 N–H and O–H groups in total. The zero-order valence-corrected chi connectivity index (χ0v) is 16.4. The molecule has 0 radical (unpaired) electrons. The summed E-state index contributed by atoms with van der Waals surface area (Å²) in [5.74, 6) is 0.894. The second-order valence-corrected chi connectivity index (χ2v) is 6.89. The molecule has 4 aromatic rings. The van der Waals surface area contributed by atoms with Crippen LogP contribution in [0.1, 0.15) is 11.1 Å². The number of aromatic nitrogens is 2. The highest BCUT2D eigenvalue weighted by molar-refractivity contribution is 6.30. The summed E-state index contributed by atoms with van der Waals surface area (Å²) in [4.78, 5) is 0. The standard InChI is InChI=1S/C24H19ClN2O2/c25-21-13-7-12-20(14-21)22-15-23(28-16-18-8-3-1-4-9-18)24(27-26-22)29-17-19-10-5-2-6-11-19/h1-15H,16-17H2. The Morgan fingerprint density at radius 3 is 1.97 bits per heavy atom. The fraction of sp³-hybridized carbons (Fsp3) is 0.0833. The summed E-state index contributed by atoms with van der Waals surface area (Å²) < 4.78 is 11.9. The third-order valence-electron chi connectivity index (χ3n) is 4.30. The normalized spacial score (nSPS) is 10.5. The molecular weight excluding hydrogens is 384 g/mol. The van der Waals surface area contributed by atoms with Crippen LogP contribution >= 0.6 is 11.6 Å². The Balaban J connectivity index is 1.60. The van der Waals surface area contributed by atoms with Gasteiger partial charge in [0.2, 0.25) is 0 Å². The lowest BCUT2D eigenvalue weighted by molar-refractivity contribution is 0.244. The molecule has 0 atom stereocenters. The first-order valence-electron chi connectivity index (χ1n) is 9.25. The van der Waals surface area contributed by atoms with E-state index >= 15 is 0 Å². The van der Waals surface area contributed by atoms with Gasteiger partial charge in [-0.1, -0.05) is 84.4 Å². The lowest BCUT2D eigenvalue weighted by atomic mass is 10.1. The number of nitrogens with zero attached hydrogens (tertiary/aromatic N) is 2. The lowest BCUT2D eigenvalue weighted by Crippen LogP contribution is -2.04. The average molecular weight is 403 g/mol. The Morgan fingerprint density at radius 1 is 0.655 bits per heavy atom. The van der Waals surface area contributed by atoms with E-state index in [1.807, 2.05) is 91.0 Å². The van der Waals surface area contributed by atoms with E-state index in [4.69, 9.17) is 21.1 Å². The van der Waals surface area contributed by atoms with E-state index < -0.39 is 0 Å². The molecule has 0 saturated carbocycles. The molecule has 0 bridgehead atoms. The minimum absolute atomic E-state index is 0.357. The first-order chi connectivity index (χ1) is 14.3. The predicted molar refractivity (Wildman–Crippen MR) is 114 cm³/mol. The van der Waals surface area contributed by atoms with Gasteiger partial charge in [0.25, 0.3) is 5.88 Å². The summed E-state index contributed by atoms with van der Waals surface area (Å²) in [6.07, 6.45) is 0. The number of halogens is 1. The molecule has 0 aliphatic carbocycles. The molecule has 5 heteroatoms. The van der Waals surface area contributed by atoms with Crippen LogP contribution < -0.4 is 9.47 Å². The van der Waals surface area contributed by atoms with Gasteiger partial charge in [-0.15, -0.1) is 10.2 Å². The van der Waals surface area contributed by atoms with E-state index in [1.54, 1.807) is 0 Å². The molecule has 1 aromatic heterocycles. The molecule has 0 aliphatic heterocycles. The van der Waals surface area contributed by atoms with Crippen molar-refractivity contribution in [3.05, 3.63) is 107 Å². The highest BCUT2D eigenvalue weighted by Gasteiger charge is 2.13. The third-order valence-corrected chi connectivity index (χ3v) is 4.54. The van der Waals surface area contributed by atoms with E-state index in [0.29, 0.717) is 35.6 Å². The number of hydrogen-bond donors (Lipinski definition) is 0. The second kappa shape index (κ2) is 9.22. The van der Waals surface area contributed by atoms with Gasteiger partial charge in [0, 0.05) is 16.7 Å². The van der Waals surface area contributed by atoms with Crippen molar-refractivity contribution in [3.8, 4) is 22.9 Å². The van der Waals surface area contributed by atoms with E-state index in [0.717, 1.165) is 16.7 Å². The van der Waals surface area contributed by atoms with E-state index in [-0.39, 0.29) is 0 Å². The van der Waals surface area contributed by atoms with Crippen LogP contribution in [-0.2, 0) is 13.2 Å². The van der Waals surface area contributed by atoms with Gasteiger partial charge in [-0.05, 0) is 23.3 Å². The van der Waals surface area contributed by atoms with Crippen LogP contribution in [0, 0.1) is 0 Å². The zero-order chi connectivity index (χ0) is 19.9. The van der Waals surface area contributed by atoms with Gasteiger partial charge >= 0.3 is 0 Å². The van der Waals surface area contributed by atoms with Gasteiger partial charge in [-0.2, -0.15) is 0 Å². The topological polar surface area (TPSA) is 44.2 Å². The average Bonchev–Trinajstić information content (AvgIpc) is 2.78. The monoisotopic (exact) mass is 402 g/mol. The molecule has 0 aliphatic rings. The van der Waals surface area contributed by atoms with Gasteiger partial charge in [-0.3, -0.25) is 0 Å². The molecule has 3 aromatic carbocycles. The minimum atomic E-state index is 0.357. The fourth-order valence-electron chi connectivity index (χ4n) is 2.82. The first kappa shape index (κ1) is 19.0. The van der Waals surface area contributed by atoms with Gasteiger partial charge in [0.1, 0.15) is 13.2 Å². The molecule has 29 heavy (non-hydrogen) atoms. The van der Waals surface area contributed by atoms with Crippen LogP contribution in [-0.4, -0.2) is 10.2 Å². The number of ether oxygens (including phenoxy) is 2. The van der Waals surface area contributed by atoms with Gasteiger partial charge in [0.05, 0.1) is 5.69 Å². The Hall–Kier alpha value is -3.37. The molecule has 0 amide bonds. The van der Waals surface area contributed by atoms with Crippen LogP contribution in [0.4, 0.5) is 0 Å². The third kappa shape index (κ3) is 5.12. The van der Waals surface area contributed by atoms with E-state index in [9.17, 15) is 0 Å². The van der Waals surface area contributed by atoms with Crippen LogP contribution in [0.5, 0.6) is 11.6 Å². The second-order valence-electron chi connectivity index (χ2n) is 6.46. The quantitative estimate of drug-likeness (QED) is 0.383. The van der Waals surface area contributed by atoms with Crippen molar-refractivity contribution in [1.29, 1.82) is 0 Å². The molecule has 4 nitrogen and oxygen atoms in total. The number of hydrogen-bond acceptors (Lipinski definition) is 4. The summed E-state index contributed by atoms with van der Waals surface area (Å²) in [7, 11) is 0. The van der Waals surface area contributed by atoms with Crippen molar-refractivity contribution in [2.75, 3.05) is 0 Å². The van der Waals surface area contributed by atoms with Crippen molar-refractivity contribution in [2.24, 2.45) is 0 Å². The van der Waals surface area contributed by atoms with E-state index in [1.165, 1.54) is 0 Å². The maximum Gasteiger partial charge on any atom is 0.276 e. The smallest absolute Gasteiger partial charge is 0.276 e. The van der Waals surface area contributed by atoms with Crippen molar-refractivity contribution in [1.82, 2.24) is 10.2 Å². The predicted octanol–water partition coefficient (Wildman–Crippen LogP) is 5.96. The van der Waals surface area contributed by atoms with Crippen molar-refractivity contribution < 1.29 is 9.47 Å². The maximum atomic E-state index is 6.12. The molecule has 0 fully saturated rings. The lowest BCUT2D eigenvalue weighted by Gasteiger charge is -2.13. The highest BCUT2D eigenvalue weighted by atomic mass is 35.5. The van der Waals surface area contributed by atoms with Crippen LogP contribution in [0.2, 0.25) is 5.02 Å². The summed E-state index contributed by atoms with van der Waals surface area (Å²) in [6.45, 7) is 0.789. The molecular formula is C24H19ClN2O2. The van der Waals surface area contributed by atoms with Gasteiger partial charge < -0.3 is 9.47 Å². The molecule has 0 saturated heterocycles. The first-order valence-corrected chi connectivity index (χ1v) is 9.63. The van der Waals surface area contributed by atoms with Crippen LogP contribution in [0.25, 0.3) is 11.3 Å². The molecule has 4 rings (SSSR count). The molecule has 1 heterocycles. The number of rotatable bonds is 7. The Bertz CT molecular complexity index is 1070. The fourth-order valence-corrected chi connectivity index (χ4v) is 3.01. The molecule has 0 unspecified atom stereocenters. The van der Waals surface area contributed by atoms with Crippen LogP contribution in [0.15, 0.2) is 91.0 Å². The molecule has 0 spiro atoms. The Morgan fingerprint density at radius 2 is 1.31 bits per heavy atom. The SMILES string of the molecule is Clc1cccc(-c2cc(OCc3ccccc3)c(OCc3ccccc3)nn2)c1. The highest BCUT2D eigenvalue weighted by Crippen LogP contribution is 2.30. The van der Waals surface area contributed by atoms with Gasteiger partial charge in [-0.25, -0.2) is 0 Å². The van der Waals surface area contributed by atoms with E-state index in [2.05, 4.69) is 10.2 Å². The maximum absolute atomic E-state index is 6.12.